The SMILES string of the molecule is Cc1ccccc1N(CC(C)(C)NC(=O)OC(C)(C)C)C(=O)CBr. The summed E-state index contributed by atoms with van der Waals surface area (Å²) in [5.74, 6) is -0.0663. The molecule has 0 radical (unpaired) electrons. The number of benzene rings is 1. The predicted molar refractivity (Wildman–Crippen MR) is 101 cm³/mol. The van der Waals surface area contributed by atoms with Crippen LogP contribution in [0.15, 0.2) is 24.3 Å². The number of rotatable bonds is 5. The molecule has 1 N–H and O–H groups in total. The average molecular weight is 399 g/mol. The number of ether oxygens (including phenoxy) is 1. The number of alkyl carbamates (subject to hydrolysis) is 1. The lowest BCUT2D eigenvalue weighted by Crippen LogP contribution is -2.54. The zero-order valence-corrected chi connectivity index (χ0v) is 16.9. The van der Waals surface area contributed by atoms with Gasteiger partial charge in [-0.05, 0) is 53.2 Å². The second-order valence-corrected chi connectivity index (χ2v) is 7.97. The van der Waals surface area contributed by atoms with E-state index in [1.54, 1.807) is 4.90 Å². The highest BCUT2D eigenvalue weighted by molar-refractivity contribution is 9.09. The van der Waals surface area contributed by atoms with Gasteiger partial charge in [0.05, 0.1) is 10.9 Å². The molecule has 0 aliphatic carbocycles. The quantitative estimate of drug-likeness (QED) is 0.761. The molecule has 2 amide bonds. The van der Waals surface area contributed by atoms with Crippen LogP contribution in [0.1, 0.15) is 40.2 Å². The summed E-state index contributed by atoms with van der Waals surface area (Å²) in [6, 6.07) is 7.68. The van der Waals surface area contributed by atoms with Crippen molar-refractivity contribution in [1.29, 1.82) is 0 Å². The molecule has 0 spiro atoms. The van der Waals surface area contributed by atoms with E-state index in [0.717, 1.165) is 11.3 Å². The van der Waals surface area contributed by atoms with Gasteiger partial charge in [-0.2, -0.15) is 0 Å². The number of nitrogens with zero attached hydrogens (tertiary/aromatic N) is 1. The summed E-state index contributed by atoms with van der Waals surface area (Å²) >= 11 is 3.23. The van der Waals surface area contributed by atoms with Gasteiger partial charge >= 0.3 is 6.09 Å². The van der Waals surface area contributed by atoms with Crippen molar-refractivity contribution in [3.05, 3.63) is 29.8 Å². The number of hydrogen-bond donors (Lipinski definition) is 1. The van der Waals surface area contributed by atoms with Gasteiger partial charge in [-0.25, -0.2) is 4.79 Å². The topological polar surface area (TPSA) is 58.6 Å². The van der Waals surface area contributed by atoms with Crippen LogP contribution in [-0.4, -0.2) is 35.0 Å². The Morgan fingerprint density at radius 3 is 2.25 bits per heavy atom. The Kier molecular flexibility index (Phi) is 6.84. The molecule has 0 bridgehead atoms. The number of anilines is 1. The van der Waals surface area contributed by atoms with Crippen molar-refractivity contribution >= 4 is 33.6 Å². The zero-order chi connectivity index (χ0) is 18.5. The molecule has 0 saturated carbocycles. The van der Waals surface area contributed by atoms with Crippen molar-refractivity contribution in [1.82, 2.24) is 5.32 Å². The number of carbonyl (C=O) groups is 2. The highest BCUT2D eigenvalue weighted by Gasteiger charge is 2.29. The summed E-state index contributed by atoms with van der Waals surface area (Å²) in [7, 11) is 0. The molecule has 0 saturated heterocycles. The minimum absolute atomic E-state index is 0.0663. The largest absolute Gasteiger partial charge is 0.444 e. The summed E-state index contributed by atoms with van der Waals surface area (Å²) in [6.07, 6.45) is -0.497. The second kappa shape index (κ2) is 8.01. The number of nitrogens with one attached hydrogen (secondary N) is 1. The molecule has 0 atom stereocenters. The van der Waals surface area contributed by atoms with Crippen molar-refractivity contribution in [3.63, 3.8) is 0 Å². The van der Waals surface area contributed by atoms with Crippen molar-refractivity contribution in [2.75, 3.05) is 16.8 Å². The van der Waals surface area contributed by atoms with Crippen molar-refractivity contribution < 1.29 is 14.3 Å². The first-order valence-electron chi connectivity index (χ1n) is 7.88. The van der Waals surface area contributed by atoms with E-state index in [1.165, 1.54) is 0 Å². The fourth-order valence-electron chi connectivity index (χ4n) is 2.26. The van der Waals surface area contributed by atoms with Crippen LogP contribution in [0.3, 0.4) is 0 Å². The molecule has 6 heteroatoms. The van der Waals surface area contributed by atoms with E-state index in [0.29, 0.717) is 6.54 Å². The molecule has 1 aromatic rings. The number of aryl methyl sites for hydroxylation is 1. The van der Waals surface area contributed by atoms with Crippen LogP contribution in [0.25, 0.3) is 0 Å². The molecule has 0 heterocycles. The van der Waals surface area contributed by atoms with Crippen LogP contribution in [0, 0.1) is 6.92 Å². The monoisotopic (exact) mass is 398 g/mol. The van der Waals surface area contributed by atoms with E-state index < -0.39 is 17.2 Å². The molecule has 0 unspecified atom stereocenters. The second-order valence-electron chi connectivity index (χ2n) is 7.41. The molecule has 1 rings (SSSR count). The lowest BCUT2D eigenvalue weighted by atomic mass is 10.0. The van der Waals surface area contributed by atoms with E-state index in [-0.39, 0.29) is 11.2 Å². The number of hydrogen-bond acceptors (Lipinski definition) is 3. The van der Waals surface area contributed by atoms with Crippen LogP contribution >= 0.6 is 15.9 Å². The van der Waals surface area contributed by atoms with Crippen LogP contribution in [0.4, 0.5) is 10.5 Å². The Labute approximate surface area is 152 Å². The third kappa shape index (κ3) is 6.51. The first kappa shape index (κ1) is 20.5. The Bertz CT molecular complexity index is 594. The van der Waals surface area contributed by atoms with Crippen LogP contribution < -0.4 is 10.2 Å². The van der Waals surface area contributed by atoms with Crippen LogP contribution in [-0.2, 0) is 9.53 Å². The lowest BCUT2D eigenvalue weighted by molar-refractivity contribution is -0.116. The third-order valence-corrected chi connectivity index (χ3v) is 3.69. The molecule has 0 fully saturated rings. The number of amides is 2. The number of carbonyl (C=O) groups excluding carboxylic acids is 2. The normalized spacial score (nSPS) is 11.8. The molecule has 134 valence electrons. The van der Waals surface area contributed by atoms with Gasteiger partial charge in [-0.1, -0.05) is 34.1 Å². The Morgan fingerprint density at radius 1 is 1.17 bits per heavy atom. The van der Waals surface area contributed by atoms with Crippen molar-refractivity contribution in [2.24, 2.45) is 0 Å². The molecule has 1 aromatic carbocycles. The summed E-state index contributed by atoms with van der Waals surface area (Å²) in [4.78, 5) is 26.1. The minimum atomic E-state index is -0.650. The van der Waals surface area contributed by atoms with E-state index in [4.69, 9.17) is 4.74 Å². The smallest absolute Gasteiger partial charge is 0.408 e. The van der Waals surface area contributed by atoms with Crippen LogP contribution in [0.2, 0.25) is 0 Å². The fourth-order valence-corrected chi connectivity index (χ4v) is 2.56. The van der Waals surface area contributed by atoms with Crippen molar-refractivity contribution in [2.45, 2.75) is 52.7 Å². The molecular formula is C18H27BrN2O3. The standard InChI is InChI=1S/C18H27BrN2O3/c1-13-9-7-8-10-14(13)21(15(22)11-19)12-18(5,6)20-16(23)24-17(2,3)4/h7-10H,11-12H2,1-6H3,(H,20,23). The minimum Gasteiger partial charge on any atom is -0.444 e. The van der Waals surface area contributed by atoms with Gasteiger partial charge in [-0.3, -0.25) is 4.79 Å². The molecule has 5 nitrogen and oxygen atoms in total. The van der Waals surface area contributed by atoms with E-state index in [9.17, 15) is 9.59 Å². The van der Waals surface area contributed by atoms with Gasteiger partial charge in [0.2, 0.25) is 5.91 Å². The van der Waals surface area contributed by atoms with Gasteiger partial charge < -0.3 is 15.0 Å². The maximum Gasteiger partial charge on any atom is 0.408 e. The zero-order valence-electron chi connectivity index (χ0n) is 15.3. The maximum absolute atomic E-state index is 12.4. The number of para-hydroxylation sites is 1. The molecule has 0 aliphatic heterocycles. The highest BCUT2D eigenvalue weighted by atomic mass is 79.9. The average Bonchev–Trinajstić information content (AvgIpc) is 2.42. The van der Waals surface area contributed by atoms with Crippen molar-refractivity contribution in [3.8, 4) is 0 Å². The fraction of sp³-hybridized carbons (Fsp3) is 0.556. The molecular weight excluding hydrogens is 372 g/mol. The first-order chi connectivity index (χ1) is 10.9. The van der Waals surface area contributed by atoms with E-state index in [1.807, 2.05) is 65.8 Å². The Morgan fingerprint density at radius 2 is 1.75 bits per heavy atom. The highest BCUT2D eigenvalue weighted by Crippen LogP contribution is 2.22. The van der Waals surface area contributed by atoms with Gasteiger partial charge in [0.15, 0.2) is 0 Å². The van der Waals surface area contributed by atoms with Gasteiger partial charge in [-0.15, -0.1) is 0 Å². The van der Waals surface area contributed by atoms with Gasteiger partial charge in [0.25, 0.3) is 0 Å². The van der Waals surface area contributed by atoms with E-state index in [2.05, 4.69) is 21.2 Å². The lowest BCUT2D eigenvalue weighted by Gasteiger charge is -2.34. The molecule has 0 aliphatic rings. The predicted octanol–water partition coefficient (Wildman–Crippen LogP) is 4.03. The Hall–Kier alpha value is -1.56. The number of alkyl halides is 1. The molecule has 24 heavy (non-hydrogen) atoms. The first-order valence-corrected chi connectivity index (χ1v) is 9.00. The van der Waals surface area contributed by atoms with Gasteiger partial charge in [0.1, 0.15) is 5.60 Å². The summed E-state index contributed by atoms with van der Waals surface area (Å²) < 4.78 is 5.31. The number of halogens is 1. The van der Waals surface area contributed by atoms with Gasteiger partial charge in [0, 0.05) is 12.2 Å². The maximum atomic E-state index is 12.4. The summed E-state index contributed by atoms with van der Waals surface area (Å²) in [5, 5.41) is 3.05. The summed E-state index contributed by atoms with van der Waals surface area (Å²) in [5.41, 5.74) is 0.616. The Balaban J connectivity index is 2.95. The molecule has 0 aromatic heterocycles. The van der Waals surface area contributed by atoms with Crippen LogP contribution in [0.5, 0.6) is 0 Å². The third-order valence-electron chi connectivity index (χ3n) is 3.21. The summed E-state index contributed by atoms with van der Waals surface area (Å²) in [6.45, 7) is 11.5. The van der Waals surface area contributed by atoms with E-state index >= 15 is 0 Å².